The van der Waals surface area contributed by atoms with E-state index in [4.69, 9.17) is 0 Å². The molecule has 4 nitrogen and oxygen atoms in total. The molecule has 0 aromatic heterocycles. The average Bonchev–Trinajstić information content (AvgIpc) is 2.33. The summed E-state index contributed by atoms with van der Waals surface area (Å²) in [5.74, 6) is 0.236. The van der Waals surface area contributed by atoms with Gasteiger partial charge in [-0.15, -0.1) is 0 Å². The lowest BCUT2D eigenvalue weighted by atomic mass is 9.87. The Morgan fingerprint density at radius 3 is 2.32 bits per heavy atom. The highest BCUT2D eigenvalue weighted by Gasteiger charge is 2.20. The number of hydrogen-bond acceptors (Lipinski definition) is 3. The van der Waals surface area contributed by atoms with Gasteiger partial charge in [-0.1, -0.05) is 40.0 Å². The van der Waals surface area contributed by atoms with Gasteiger partial charge in [0.1, 0.15) is 0 Å². The summed E-state index contributed by atoms with van der Waals surface area (Å²) in [6.45, 7) is 7.86. The van der Waals surface area contributed by atoms with Crippen molar-refractivity contribution in [3.63, 3.8) is 0 Å². The second-order valence-corrected chi connectivity index (χ2v) is 8.00. The Kier molecular flexibility index (Phi) is 9.66. The van der Waals surface area contributed by atoms with E-state index in [1.807, 2.05) is 7.05 Å². The maximum atomic E-state index is 11.8. The minimum atomic E-state index is -3.10. The summed E-state index contributed by atoms with van der Waals surface area (Å²) in [4.78, 5) is 0. The fourth-order valence-electron chi connectivity index (χ4n) is 1.91. The molecule has 0 amide bonds. The van der Waals surface area contributed by atoms with Crippen LogP contribution in [0.25, 0.3) is 0 Å². The SMILES string of the molecule is CCCCCC(C)(C)CNS(=O)(=O)CCCCNC. The molecule has 0 aromatic carbocycles. The van der Waals surface area contributed by atoms with Gasteiger partial charge in [-0.2, -0.15) is 0 Å². The maximum absolute atomic E-state index is 11.8. The summed E-state index contributed by atoms with van der Waals surface area (Å²) in [6.07, 6.45) is 6.29. The molecule has 0 aromatic rings. The summed E-state index contributed by atoms with van der Waals surface area (Å²) < 4.78 is 26.4. The van der Waals surface area contributed by atoms with Crippen LogP contribution in [0.4, 0.5) is 0 Å². The van der Waals surface area contributed by atoms with Crippen LogP contribution < -0.4 is 10.0 Å². The van der Waals surface area contributed by atoms with Gasteiger partial charge in [0.05, 0.1) is 5.75 Å². The first-order valence-corrected chi connectivity index (χ1v) is 9.10. The Bertz CT molecular complexity index is 313. The highest BCUT2D eigenvalue weighted by atomic mass is 32.2. The van der Waals surface area contributed by atoms with Gasteiger partial charge in [0, 0.05) is 6.54 Å². The Balaban J connectivity index is 3.93. The summed E-state index contributed by atoms with van der Waals surface area (Å²) in [5, 5.41) is 3.02. The van der Waals surface area contributed by atoms with Crippen molar-refractivity contribution in [1.82, 2.24) is 10.0 Å². The van der Waals surface area contributed by atoms with Crippen LogP contribution in [-0.4, -0.2) is 34.3 Å². The van der Waals surface area contributed by atoms with E-state index in [2.05, 4.69) is 30.8 Å². The summed E-state index contributed by atoms with van der Waals surface area (Å²) in [7, 11) is -1.22. The van der Waals surface area contributed by atoms with Crippen molar-refractivity contribution < 1.29 is 8.42 Å². The Labute approximate surface area is 119 Å². The largest absolute Gasteiger partial charge is 0.320 e. The van der Waals surface area contributed by atoms with E-state index in [1.165, 1.54) is 19.3 Å². The molecule has 0 heterocycles. The molecular formula is C14H32N2O2S. The highest BCUT2D eigenvalue weighted by molar-refractivity contribution is 7.89. The lowest BCUT2D eigenvalue weighted by Crippen LogP contribution is -2.35. The van der Waals surface area contributed by atoms with Crippen LogP contribution in [0.1, 0.15) is 59.3 Å². The Morgan fingerprint density at radius 2 is 1.74 bits per heavy atom. The first-order valence-electron chi connectivity index (χ1n) is 7.45. The molecule has 2 N–H and O–H groups in total. The predicted octanol–water partition coefficient (Wildman–Crippen LogP) is 2.51. The third-order valence-corrected chi connectivity index (χ3v) is 4.73. The molecule has 0 saturated heterocycles. The second-order valence-electron chi connectivity index (χ2n) is 6.07. The summed E-state index contributed by atoms with van der Waals surface area (Å²) >= 11 is 0. The smallest absolute Gasteiger partial charge is 0.211 e. The molecule has 0 rings (SSSR count). The van der Waals surface area contributed by atoms with Gasteiger partial charge in [-0.3, -0.25) is 0 Å². The van der Waals surface area contributed by atoms with E-state index in [0.717, 1.165) is 19.4 Å². The molecule has 116 valence electrons. The molecule has 0 aliphatic carbocycles. The van der Waals surface area contributed by atoms with E-state index in [0.29, 0.717) is 13.0 Å². The second kappa shape index (κ2) is 9.72. The number of sulfonamides is 1. The third-order valence-electron chi connectivity index (χ3n) is 3.32. The molecule has 0 aliphatic heterocycles. The topological polar surface area (TPSA) is 58.2 Å². The minimum Gasteiger partial charge on any atom is -0.320 e. The lowest BCUT2D eigenvalue weighted by molar-refractivity contribution is 0.320. The average molecular weight is 292 g/mol. The van der Waals surface area contributed by atoms with Crippen LogP contribution in [-0.2, 0) is 10.0 Å². The van der Waals surface area contributed by atoms with Crippen molar-refractivity contribution in [2.24, 2.45) is 5.41 Å². The lowest BCUT2D eigenvalue weighted by Gasteiger charge is -2.24. The molecule has 5 heteroatoms. The maximum Gasteiger partial charge on any atom is 0.211 e. The van der Waals surface area contributed by atoms with Crippen molar-refractivity contribution in [2.75, 3.05) is 25.9 Å². The van der Waals surface area contributed by atoms with Gasteiger partial charge in [0.15, 0.2) is 0 Å². The summed E-state index contributed by atoms with van der Waals surface area (Å²) in [5.41, 5.74) is 0.0488. The zero-order valence-electron chi connectivity index (χ0n) is 13.1. The predicted molar refractivity (Wildman–Crippen MR) is 82.9 cm³/mol. The normalized spacial score (nSPS) is 12.8. The minimum absolute atomic E-state index is 0.0488. The van der Waals surface area contributed by atoms with Gasteiger partial charge in [0.25, 0.3) is 0 Å². The van der Waals surface area contributed by atoms with E-state index in [1.54, 1.807) is 0 Å². The number of unbranched alkanes of at least 4 members (excludes halogenated alkanes) is 3. The zero-order valence-corrected chi connectivity index (χ0v) is 13.9. The summed E-state index contributed by atoms with van der Waals surface area (Å²) in [6, 6.07) is 0. The number of rotatable bonds is 12. The van der Waals surface area contributed by atoms with Gasteiger partial charge in [-0.25, -0.2) is 13.1 Å². The van der Waals surface area contributed by atoms with Crippen LogP contribution in [0.3, 0.4) is 0 Å². The van der Waals surface area contributed by atoms with Crippen molar-refractivity contribution >= 4 is 10.0 Å². The molecule has 0 radical (unpaired) electrons. The van der Waals surface area contributed by atoms with E-state index >= 15 is 0 Å². The van der Waals surface area contributed by atoms with Gasteiger partial charge in [0.2, 0.25) is 10.0 Å². The van der Waals surface area contributed by atoms with Crippen LogP contribution in [0.5, 0.6) is 0 Å². The molecule has 0 fully saturated rings. The van der Waals surface area contributed by atoms with Crippen molar-refractivity contribution in [2.45, 2.75) is 59.3 Å². The van der Waals surface area contributed by atoms with Crippen molar-refractivity contribution in [3.05, 3.63) is 0 Å². The zero-order chi connectivity index (χ0) is 14.8. The number of nitrogens with one attached hydrogen (secondary N) is 2. The van der Waals surface area contributed by atoms with Gasteiger partial charge in [-0.05, 0) is 38.3 Å². The number of hydrogen-bond donors (Lipinski definition) is 2. The molecular weight excluding hydrogens is 260 g/mol. The molecule has 0 unspecified atom stereocenters. The molecule has 0 atom stereocenters. The quantitative estimate of drug-likeness (QED) is 0.543. The van der Waals surface area contributed by atoms with E-state index < -0.39 is 10.0 Å². The monoisotopic (exact) mass is 292 g/mol. The standard InChI is InChI=1S/C14H32N2O2S/c1-5-6-7-10-14(2,3)13-16-19(17,18)12-9-8-11-15-4/h15-16H,5-13H2,1-4H3. The fourth-order valence-corrected chi connectivity index (χ4v) is 3.25. The van der Waals surface area contributed by atoms with Gasteiger partial charge < -0.3 is 5.32 Å². The van der Waals surface area contributed by atoms with Crippen LogP contribution in [0.15, 0.2) is 0 Å². The first kappa shape index (κ1) is 18.9. The van der Waals surface area contributed by atoms with Crippen molar-refractivity contribution in [1.29, 1.82) is 0 Å². The Hall–Kier alpha value is -0.130. The van der Waals surface area contributed by atoms with Crippen LogP contribution in [0.2, 0.25) is 0 Å². The van der Waals surface area contributed by atoms with Gasteiger partial charge >= 0.3 is 0 Å². The molecule has 0 bridgehead atoms. The van der Waals surface area contributed by atoms with E-state index in [-0.39, 0.29) is 11.2 Å². The molecule has 0 aliphatic rings. The Morgan fingerprint density at radius 1 is 1.05 bits per heavy atom. The van der Waals surface area contributed by atoms with E-state index in [9.17, 15) is 8.42 Å². The highest BCUT2D eigenvalue weighted by Crippen LogP contribution is 2.22. The first-order chi connectivity index (χ1) is 8.83. The van der Waals surface area contributed by atoms with Crippen molar-refractivity contribution in [3.8, 4) is 0 Å². The van der Waals surface area contributed by atoms with Crippen LogP contribution >= 0.6 is 0 Å². The fraction of sp³-hybridized carbons (Fsp3) is 1.00. The molecule has 0 saturated carbocycles. The molecule has 0 spiro atoms. The molecule has 19 heavy (non-hydrogen) atoms. The van der Waals surface area contributed by atoms with Crippen LogP contribution in [0, 0.1) is 5.41 Å². The third kappa shape index (κ3) is 11.4.